The summed E-state index contributed by atoms with van der Waals surface area (Å²) in [5, 5.41) is 17.7. The highest BCUT2D eigenvalue weighted by molar-refractivity contribution is 5.72. The minimum Gasteiger partial charge on any atom is -0.464 e. The van der Waals surface area contributed by atoms with E-state index in [1.165, 1.54) is 77.0 Å². The number of hydrogen-bond acceptors (Lipinski definition) is 5. The number of likely N-dealkylation sites (tertiary alicyclic amines) is 1. The normalized spacial score (nSPS) is 14.4. The summed E-state index contributed by atoms with van der Waals surface area (Å²) in [7, 11) is 0. The number of nitrogens with zero attached hydrogens (tertiary/aromatic N) is 1. The first-order valence-electron chi connectivity index (χ1n) is 14.4. The van der Waals surface area contributed by atoms with Crippen LogP contribution >= 0.6 is 0 Å². The highest BCUT2D eigenvalue weighted by Crippen LogP contribution is 2.21. The Kier molecular flexibility index (Phi) is 21.3. The van der Waals surface area contributed by atoms with Gasteiger partial charge >= 0.3 is 5.97 Å². The zero-order valence-corrected chi connectivity index (χ0v) is 21.6. The quantitative estimate of drug-likeness (QED) is 0.129. The van der Waals surface area contributed by atoms with Crippen LogP contribution in [0, 0.1) is 5.92 Å². The molecule has 5 nitrogen and oxygen atoms in total. The summed E-state index contributed by atoms with van der Waals surface area (Å²) < 4.78 is 5.71. The fourth-order valence-electron chi connectivity index (χ4n) is 4.91. The monoisotopic (exact) mass is 469 g/mol. The number of aliphatic hydroxyl groups excluding tert-OH is 2. The lowest BCUT2D eigenvalue weighted by atomic mass is 9.94. The van der Waals surface area contributed by atoms with Crippen molar-refractivity contribution in [2.75, 3.05) is 39.5 Å². The molecule has 0 amide bonds. The summed E-state index contributed by atoms with van der Waals surface area (Å²) in [4.78, 5) is 15.2. The van der Waals surface area contributed by atoms with Crippen LogP contribution in [0.3, 0.4) is 0 Å². The van der Waals surface area contributed by atoms with Gasteiger partial charge in [0, 0.05) is 19.8 Å². The van der Waals surface area contributed by atoms with Crippen LogP contribution in [-0.2, 0) is 9.53 Å². The lowest BCUT2D eigenvalue weighted by Crippen LogP contribution is -2.27. The molecule has 196 valence electrons. The van der Waals surface area contributed by atoms with Crippen molar-refractivity contribution in [3.63, 3.8) is 0 Å². The maximum Gasteiger partial charge on any atom is 0.308 e. The van der Waals surface area contributed by atoms with E-state index in [0.29, 0.717) is 19.8 Å². The summed E-state index contributed by atoms with van der Waals surface area (Å²) in [6.07, 6.45) is 23.4. The molecule has 2 N–H and O–H groups in total. The van der Waals surface area contributed by atoms with Crippen LogP contribution in [0.15, 0.2) is 0 Å². The average molecular weight is 470 g/mol. The van der Waals surface area contributed by atoms with Crippen LogP contribution in [0.25, 0.3) is 0 Å². The van der Waals surface area contributed by atoms with E-state index in [2.05, 4.69) is 4.90 Å². The van der Waals surface area contributed by atoms with Gasteiger partial charge in [-0.05, 0) is 51.6 Å². The molecule has 1 aliphatic rings. The predicted octanol–water partition coefficient (Wildman–Crippen LogP) is 6.25. The third-order valence-corrected chi connectivity index (χ3v) is 7.11. The number of unbranched alkanes of at least 4 members (excludes halogenated alkanes) is 14. The standard InChI is InChI=1S/C28H55NO4/c30-24-17-11-7-3-1-5-9-13-19-27(20-14-10-6-2-4-8-12-18-25-31)28(32)33-26-23-29-21-15-16-22-29/h27,30-31H,1-26H2. The molecule has 0 bridgehead atoms. The number of carbonyl (C=O) groups is 1. The molecule has 0 saturated carbocycles. The van der Waals surface area contributed by atoms with E-state index in [-0.39, 0.29) is 11.9 Å². The van der Waals surface area contributed by atoms with Gasteiger partial charge in [-0.25, -0.2) is 0 Å². The molecule has 1 fully saturated rings. The van der Waals surface area contributed by atoms with Crippen molar-refractivity contribution in [1.82, 2.24) is 4.90 Å². The second-order valence-corrected chi connectivity index (χ2v) is 10.1. The van der Waals surface area contributed by atoms with Crippen LogP contribution in [0.5, 0.6) is 0 Å². The summed E-state index contributed by atoms with van der Waals surface area (Å²) in [5.74, 6) is 0.125. The van der Waals surface area contributed by atoms with Crippen molar-refractivity contribution in [3.05, 3.63) is 0 Å². The molecular formula is C28H55NO4. The SMILES string of the molecule is O=C(OCCN1CCCC1)C(CCCCCCCCCCO)CCCCCCCCCCO. The van der Waals surface area contributed by atoms with E-state index >= 15 is 0 Å². The maximum atomic E-state index is 12.8. The van der Waals surface area contributed by atoms with Crippen molar-refractivity contribution in [2.24, 2.45) is 5.92 Å². The van der Waals surface area contributed by atoms with Crippen LogP contribution in [-0.4, -0.2) is 60.5 Å². The third-order valence-electron chi connectivity index (χ3n) is 7.11. The van der Waals surface area contributed by atoms with Gasteiger partial charge in [0.15, 0.2) is 0 Å². The van der Waals surface area contributed by atoms with Gasteiger partial charge in [0.1, 0.15) is 6.61 Å². The highest BCUT2D eigenvalue weighted by atomic mass is 16.5. The molecule has 1 aliphatic heterocycles. The molecule has 0 spiro atoms. The van der Waals surface area contributed by atoms with Crippen molar-refractivity contribution < 1.29 is 19.7 Å². The maximum absolute atomic E-state index is 12.8. The van der Waals surface area contributed by atoms with Crippen molar-refractivity contribution in [1.29, 1.82) is 0 Å². The Bertz CT molecular complexity index is 404. The topological polar surface area (TPSA) is 70.0 Å². The summed E-state index contributed by atoms with van der Waals surface area (Å²) in [5.41, 5.74) is 0. The Labute approximate surface area is 204 Å². The lowest BCUT2D eigenvalue weighted by Gasteiger charge is -2.18. The molecule has 0 unspecified atom stereocenters. The predicted molar refractivity (Wildman–Crippen MR) is 137 cm³/mol. The third kappa shape index (κ3) is 18.4. The van der Waals surface area contributed by atoms with Crippen LogP contribution < -0.4 is 0 Å². The summed E-state index contributed by atoms with van der Waals surface area (Å²) in [6.45, 7) is 4.39. The van der Waals surface area contributed by atoms with E-state index in [1.54, 1.807) is 0 Å². The number of ether oxygens (including phenoxy) is 1. The van der Waals surface area contributed by atoms with Gasteiger partial charge in [-0.2, -0.15) is 0 Å². The molecule has 1 rings (SSSR count). The minimum absolute atomic E-state index is 0.0437. The minimum atomic E-state index is 0.0437. The Hall–Kier alpha value is -0.650. The number of aliphatic hydroxyl groups is 2. The Balaban J connectivity index is 2.18. The largest absolute Gasteiger partial charge is 0.464 e. The number of carbonyl (C=O) groups excluding carboxylic acids is 1. The first kappa shape index (κ1) is 30.4. The molecule has 0 aliphatic carbocycles. The van der Waals surface area contributed by atoms with Crippen molar-refractivity contribution in [2.45, 2.75) is 128 Å². The Morgan fingerprint density at radius 1 is 0.636 bits per heavy atom. The Morgan fingerprint density at radius 3 is 1.45 bits per heavy atom. The van der Waals surface area contributed by atoms with E-state index in [0.717, 1.165) is 71.0 Å². The van der Waals surface area contributed by atoms with Gasteiger partial charge in [0.05, 0.1) is 5.92 Å². The summed E-state index contributed by atoms with van der Waals surface area (Å²) >= 11 is 0. The van der Waals surface area contributed by atoms with Crippen molar-refractivity contribution in [3.8, 4) is 0 Å². The molecule has 33 heavy (non-hydrogen) atoms. The van der Waals surface area contributed by atoms with E-state index in [4.69, 9.17) is 14.9 Å². The Morgan fingerprint density at radius 2 is 1.03 bits per heavy atom. The number of hydrogen-bond donors (Lipinski definition) is 2. The fraction of sp³-hybridized carbons (Fsp3) is 0.964. The van der Waals surface area contributed by atoms with Crippen molar-refractivity contribution >= 4 is 5.97 Å². The van der Waals surface area contributed by atoms with Crippen LogP contribution in [0.1, 0.15) is 128 Å². The zero-order chi connectivity index (χ0) is 23.8. The van der Waals surface area contributed by atoms with E-state index in [9.17, 15) is 4.79 Å². The first-order valence-corrected chi connectivity index (χ1v) is 14.4. The van der Waals surface area contributed by atoms with Crippen LogP contribution in [0.2, 0.25) is 0 Å². The van der Waals surface area contributed by atoms with Gasteiger partial charge in [-0.3, -0.25) is 9.69 Å². The van der Waals surface area contributed by atoms with Crippen LogP contribution in [0.4, 0.5) is 0 Å². The molecule has 0 aromatic carbocycles. The van der Waals surface area contributed by atoms with Gasteiger partial charge in [-0.1, -0.05) is 89.9 Å². The molecule has 0 radical (unpaired) electrons. The average Bonchev–Trinajstić information content (AvgIpc) is 3.34. The fourth-order valence-corrected chi connectivity index (χ4v) is 4.91. The molecular weight excluding hydrogens is 414 g/mol. The first-order chi connectivity index (χ1) is 16.3. The number of rotatable bonds is 24. The van der Waals surface area contributed by atoms with E-state index < -0.39 is 0 Å². The smallest absolute Gasteiger partial charge is 0.308 e. The highest BCUT2D eigenvalue weighted by Gasteiger charge is 2.20. The van der Waals surface area contributed by atoms with E-state index in [1.807, 2.05) is 0 Å². The molecule has 5 heteroatoms. The number of esters is 1. The molecule has 1 heterocycles. The van der Waals surface area contributed by atoms with Gasteiger partial charge < -0.3 is 14.9 Å². The molecule has 0 aromatic rings. The van der Waals surface area contributed by atoms with Gasteiger partial charge in [-0.15, -0.1) is 0 Å². The molecule has 0 aromatic heterocycles. The van der Waals surface area contributed by atoms with Gasteiger partial charge in [0.25, 0.3) is 0 Å². The summed E-state index contributed by atoms with van der Waals surface area (Å²) in [6, 6.07) is 0. The molecule has 0 atom stereocenters. The second-order valence-electron chi connectivity index (χ2n) is 10.1. The zero-order valence-electron chi connectivity index (χ0n) is 21.6. The van der Waals surface area contributed by atoms with Gasteiger partial charge in [0.2, 0.25) is 0 Å². The second kappa shape index (κ2) is 23.1. The lowest BCUT2D eigenvalue weighted by molar-refractivity contribution is -0.149. The molecule has 1 saturated heterocycles.